The monoisotopic (exact) mass is 206 g/mol. The van der Waals surface area contributed by atoms with Crippen LogP contribution in [0.1, 0.15) is 5.56 Å². The number of phenols is 4. The molecule has 0 radical (unpaired) electrons. The van der Waals surface area contributed by atoms with Crippen LogP contribution in [0.4, 0.5) is 0 Å². The van der Waals surface area contributed by atoms with Crippen LogP contribution in [0.15, 0.2) is 6.07 Å². The first kappa shape index (κ1) is 13.5. The Labute approximate surface area is 96.6 Å². The Bertz CT molecular complexity index is 389. The Morgan fingerprint density at radius 2 is 1.67 bits per heavy atom. The number of rotatable bonds is 2. The molecule has 7 heteroatoms. The molecular weight excluding hydrogens is 199 g/mol. The van der Waals surface area contributed by atoms with Crippen LogP contribution in [0.3, 0.4) is 0 Å². The second-order valence-electron chi connectivity index (χ2n) is 2.65. The van der Waals surface area contributed by atoms with E-state index in [1.165, 1.54) is 0 Å². The minimum Gasteiger partial charge on any atom is -0.550 e. The van der Waals surface area contributed by atoms with Crippen molar-refractivity contribution in [3.63, 3.8) is 0 Å². The van der Waals surface area contributed by atoms with Gasteiger partial charge in [-0.05, 0) is 6.07 Å². The molecule has 4 N–H and O–H groups in total. The third kappa shape index (κ3) is 2.72. The van der Waals surface area contributed by atoms with Crippen LogP contribution in [0.25, 0.3) is 0 Å². The Balaban J connectivity index is 0.00000196. The van der Waals surface area contributed by atoms with E-state index in [0.717, 1.165) is 6.07 Å². The average Bonchev–Trinajstić information content (AvgIpc) is 2.10. The maximum atomic E-state index is 10.2. The van der Waals surface area contributed by atoms with Gasteiger partial charge in [0.05, 0.1) is 0 Å². The van der Waals surface area contributed by atoms with Crippen molar-refractivity contribution in [2.75, 3.05) is 0 Å². The molecule has 0 aliphatic carbocycles. The summed E-state index contributed by atoms with van der Waals surface area (Å²) in [5.41, 5.74) is -0.238. The number of carboxylic acid groups (broad SMARTS) is 1. The number of carboxylic acids is 1. The molecule has 0 aliphatic heterocycles. The molecule has 1 aromatic carbocycles. The van der Waals surface area contributed by atoms with Gasteiger partial charge in [0.15, 0.2) is 11.5 Å². The van der Waals surface area contributed by atoms with Gasteiger partial charge in [-0.25, -0.2) is 0 Å². The van der Waals surface area contributed by atoms with E-state index in [9.17, 15) is 9.90 Å². The summed E-state index contributed by atoms with van der Waals surface area (Å²) in [6.07, 6.45) is -0.673. The standard InChI is InChI=1S/C8H8O6.Li/c9-4-1-3(2-5(10)11)6(12)8(14)7(4)13;/h1,9,12-14H,2H2,(H,10,11);/q;+1/p-1. The molecule has 76 valence electrons. The molecule has 0 atom stereocenters. The summed E-state index contributed by atoms with van der Waals surface area (Å²) in [6, 6.07) is 0.834. The third-order valence-corrected chi connectivity index (χ3v) is 1.64. The minimum absolute atomic E-state index is 0. The predicted octanol–water partition coefficient (Wildman–Crippen LogP) is -4.19. The number of aromatic hydroxyl groups is 4. The number of benzene rings is 1. The molecule has 0 fully saturated rings. The third-order valence-electron chi connectivity index (χ3n) is 1.64. The molecule has 6 nitrogen and oxygen atoms in total. The van der Waals surface area contributed by atoms with Gasteiger partial charge in [0.25, 0.3) is 0 Å². The smallest absolute Gasteiger partial charge is 0.550 e. The van der Waals surface area contributed by atoms with Crippen LogP contribution in [-0.4, -0.2) is 26.4 Å². The van der Waals surface area contributed by atoms with Gasteiger partial charge in [-0.1, -0.05) is 0 Å². The van der Waals surface area contributed by atoms with Crippen LogP contribution >= 0.6 is 0 Å². The van der Waals surface area contributed by atoms with Crippen LogP contribution in [0.5, 0.6) is 23.0 Å². The summed E-state index contributed by atoms with van der Waals surface area (Å²) in [5.74, 6) is -4.84. The molecule has 0 aliphatic rings. The van der Waals surface area contributed by atoms with Crippen molar-refractivity contribution < 1.29 is 49.2 Å². The Morgan fingerprint density at radius 1 is 1.13 bits per heavy atom. The topological polar surface area (TPSA) is 121 Å². The Kier molecular flexibility index (Phi) is 4.34. The van der Waals surface area contributed by atoms with Crippen molar-refractivity contribution in [2.24, 2.45) is 0 Å². The first-order valence-electron chi connectivity index (χ1n) is 3.59. The normalized spacial score (nSPS) is 9.33. The van der Waals surface area contributed by atoms with E-state index >= 15 is 0 Å². The number of aliphatic carboxylic acids is 1. The fourth-order valence-electron chi connectivity index (χ4n) is 0.978. The van der Waals surface area contributed by atoms with Crippen molar-refractivity contribution in [2.45, 2.75) is 6.42 Å². The summed E-state index contributed by atoms with van der Waals surface area (Å²) < 4.78 is 0. The Morgan fingerprint density at radius 3 is 2.13 bits per heavy atom. The van der Waals surface area contributed by atoms with Gasteiger partial charge in [-0.3, -0.25) is 0 Å². The maximum absolute atomic E-state index is 10.2. The van der Waals surface area contributed by atoms with E-state index in [1.807, 2.05) is 0 Å². The second kappa shape index (κ2) is 4.82. The molecule has 0 spiro atoms. The molecular formula is C8H7LiO6. The largest absolute Gasteiger partial charge is 1.00 e. The summed E-state index contributed by atoms with van der Waals surface area (Å²) in [4.78, 5) is 10.2. The second-order valence-corrected chi connectivity index (χ2v) is 2.65. The van der Waals surface area contributed by atoms with Crippen LogP contribution < -0.4 is 24.0 Å². The van der Waals surface area contributed by atoms with Gasteiger partial charge < -0.3 is 30.3 Å². The van der Waals surface area contributed by atoms with Crippen molar-refractivity contribution in [1.82, 2.24) is 0 Å². The van der Waals surface area contributed by atoms with Gasteiger partial charge in [-0.15, -0.1) is 0 Å². The van der Waals surface area contributed by atoms with Gasteiger partial charge in [0.2, 0.25) is 11.5 Å². The zero-order chi connectivity index (χ0) is 10.9. The van der Waals surface area contributed by atoms with E-state index < -0.39 is 35.4 Å². The summed E-state index contributed by atoms with van der Waals surface area (Å²) in [7, 11) is 0. The summed E-state index contributed by atoms with van der Waals surface area (Å²) in [5, 5.41) is 46.2. The van der Waals surface area contributed by atoms with Crippen molar-refractivity contribution in [3.05, 3.63) is 11.6 Å². The Hall–Kier alpha value is -1.51. The van der Waals surface area contributed by atoms with Crippen molar-refractivity contribution >= 4 is 5.97 Å². The first-order valence-corrected chi connectivity index (χ1v) is 3.59. The van der Waals surface area contributed by atoms with Gasteiger partial charge in [0, 0.05) is 18.0 Å². The minimum atomic E-state index is -1.48. The molecule has 0 amide bonds. The molecule has 0 saturated carbocycles. The molecule has 15 heavy (non-hydrogen) atoms. The quantitative estimate of drug-likeness (QED) is 0.221. The number of carbonyl (C=O) groups excluding carboxylic acids is 1. The first-order chi connectivity index (χ1) is 6.43. The molecule has 1 rings (SSSR count). The predicted molar refractivity (Wildman–Crippen MR) is 41.8 cm³/mol. The number of carbonyl (C=O) groups is 1. The maximum Gasteiger partial charge on any atom is 1.00 e. The zero-order valence-corrected chi connectivity index (χ0v) is 7.89. The number of hydrogen-bond acceptors (Lipinski definition) is 6. The van der Waals surface area contributed by atoms with E-state index in [1.54, 1.807) is 0 Å². The summed E-state index contributed by atoms with van der Waals surface area (Å²) >= 11 is 0. The van der Waals surface area contributed by atoms with Crippen LogP contribution in [-0.2, 0) is 11.2 Å². The molecule has 0 saturated heterocycles. The molecule has 0 unspecified atom stereocenters. The fraction of sp³-hybridized carbons (Fsp3) is 0.125. The van der Waals surface area contributed by atoms with E-state index in [-0.39, 0.29) is 24.4 Å². The summed E-state index contributed by atoms with van der Waals surface area (Å²) in [6.45, 7) is 0. The number of phenolic OH excluding ortho intramolecular Hbond substituents is 4. The fourth-order valence-corrected chi connectivity index (χ4v) is 0.978. The van der Waals surface area contributed by atoms with Gasteiger partial charge in [0.1, 0.15) is 0 Å². The van der Waals surface area contributed by atoms with E-state index in [2.05, 4.69) is 0 Å². The number of hydrogen-bond donors (Lipinski definition) is 4. The van der Waals surface area contributed by atoms with Crippen molar-refractivity contribution in [3.8, 4) is 23.0 Å². The molecule has 1 aromatic rings. The molecule has 0 heterocycles. The van der Waals surface area contributed by atoms with E-state index in [4.69, 9.17) is 20.4 Å². The van der Waals surface area contributed by atoms with Crippen molar-refractivity contribution in [1.29, 1.82) is 0 Å². The van der Waals surface area contributed by atoms with Gasteiger partial charge >= 0.3 is 18.9 Å². The van der Waals surface area contributed by atoms with Crippen LogP contribution in [0, 0.1) is 0 Å². The van der Waals surface area contributed by atoms with Crippen LogP contribution in [0.2, 0.25) is 0 Å². The molecule has 0 bridgehead atoms. The SMILES string of the molecule is O=C([O-])Cc1cc(O)c(O)c(O)c1O.[Li+]. The zero-order valence-electron chi connectivity index (χ0n) is 7.89. The molecule has 0 aromatic heterocycles. The van der Waals surface area contributed by atoms with Gasteiger partial charge in [-0.2, -0.15) is 0 Å². The van der Waals surface area contributed by atoms with E-state index in [0.29, 0.717) is 0 Å². The average molecular weight is 206 g/mol.